The fourth-order valence-corrected chi connectivity index (χ4v) is 2.47. The lowest BCUT2D eigenvalue weighted by Crippen LogP contribution is -2.36. The molecule has 1 aliphatic carbocycles. The molecule has 0 spiro atoms. The lowest BCUT2D eigenvalue weighted by molar-refractivity contribution is -0.184. The quantitative estimate of drug-likeness (QED) is 0.759. The van der Waals surface area contributed by atoms with Crippen LogP contribution >= 0.6 is 0 Å². The summed E-state index contributed by atoms with van der Waals surface area (Å²) >= 11 is 0. The molecule has 1 rings (SSSR count). The van der Waals surface area contributed by atoms with Crippen molar-refractivity contribution in [3.63, 3.8) is 0 Å². The molecular formula is C13H20F3N. The third kappa shape index (κ3) is 4.59. The number of alkyl halides is 3. The molecule has 0 heterocycles. The standard InChI is InChI=1S/C13H20F3N/c1-2-3-4-5-12(17)10-6-8-11(9-7-10)13(14,15)16/h10-12H,4-9,17H2,1H3. The van der Waals surface area contributed by atoms with E-state index >= 15 is 0 Å². The van der Waals surface area contributed by atoms with Gasteiger partial charge in [0.05, 0.1) is 5.92 Å². The van der Waals surface area contributed by atoms with Crippen LogP contribution in [0, 0.1) is 23.7 Å². The largest absolute Gasteiger partial charge is 0.391 e. The van der Waals surface area contributed by atoms with Crippen LogP contribution in [0.5, 0.6) is 0 Å². The van der Waals surface area contributed by atoms with Gasteiger partial charge < -0.3 is 5.73 Å². The average Bonchev–Trinajstić information content (AvgIpc) is 2.28. The molecule has 17 heavy (non-hydrogen) atoms. The average molecular weight is 247 g/mol. The Kier molecular flexibility index (Phi) is 5.32. The summed E-state index contributed by atoms with van der Waals surface area (Å²) in [6.45, 7) is 1.78. The van der Waals surface area contributed by atoms with Gasteiger partial charge in [0.1, 0.15) is 0 Å². The van der Waals surface area contributed by atoms with Crippen LogP contribution in [0.25, 0.3) is 0 Å². The fourth-order valence-electron chi connectivity index (χ4n) is 2.47. The van der Waals surface area contributed by atoms with Crippen LogP contribution in [-0.2, 0) is 0 Å². The summed E-state index contributed by atoms with van der Waals surface area (Å²) in [5.41, 5.74) is 5.99. The number of hydrogen-bond acceptors (Lipinski definition) is 1. The molecule has 0 radical (unpaired) electrons. The second-order valence-electron chi connectivity index (χ2n) is 4.78. The highest BCUT2D eigenvalue weighted by molar-refractivity contribution is 4.96. The van der Waals surface area contributed by atoms with Crippen molar-refractivity contribution in [2.75, 3.05) is 0 Å². The van der Waals surface area contributed by atoms with Crippen molar-refractivity contribution < 1.29 is 13.2 Å². The van der Waals surface area contributed by atoms with Gasteiger partial charge in [-0.1, -0.05) is 0 Å². The first-order chi connectivity index (χ1) is 7.95. The van der Waals surface area contributed by atoms with Gasteiger partial charge in [0.2, 0.25) is 0 Å². The Bertz CT molecular complexity index is 279. The Morgan fingerprint density at radius 2 is 1.82 bits per heavy atom. The maximum absolute atomic E-state index is 12.5. The van der Waals surface area contributed by atoms with Gasteiger partial charge in [-0.2, -0.15) is 13.2 Å². The van der Waals surface area contributed by atoms with Crippen LogP contribution < -0.4 is 5.73 Å². The number of halogens is 3. The van der Waals surface area contributed by atoms with Crippen LogP contribution in [0.2, 0.25) is 0 Å². The Balaban J connectivity index is 2.32. The maximum atomic E-state index is 12.5. The maximum Gasteiger partial charge on any atom is 0.391 e. The van der Waals surface area contributed by atoms with E-state index in [0.717, 1.165) is 12.8 Å². The molecule has 1 fully saturated rings. The second kappa shape index (κ2) is 6.30. The van der Waals surface area contributed by atoms with Gasteiger partial charge in [0, 0.05) is 12.5 Å². The van der Waals surface area contributed by atoms with Gasteiger partial charge in [-0.25, -0.2) is 0 Å². The zero-order valence-corrected chi connectivity index (χ0v) is 10.2. The molecular weight excluding hydrogens is 227 g/mol. The van der Waals surface area contributed by atoms with E-state index in [9.17, 15) is 13.2 Å². The third-order valence-corrected chi connectivity index (χ3v) is 3.62. The molecule has 0 saturated heterocycles. The topological polar surface area (TPSA) is 26.0 Å². The van der Waals surface area contributed by atoms with Crippen LogP contribution in [0.15, 0.2) is 0 Å². The zero-order valence-electron chi connectivity index (χ0n) is 10.2. The van der Waals surface area contributed by atoms with Crippen molar-refractivity contribution in [1.29, 1.82) is 0 Å². The van der Waals surface area contributed by atoms with E-state index in [1.54, 1.807) is 6.92 Å². The normalized spacial score (nSPS) is 27.1. The van der Waals surface area contributed by atoms with Crippen LogP contribution in [0.4, 0.5) is 13.2 Å². The summed E-state index contributed by atoms with van der Waals surface area (Å²) in [6.07, 6.45) is -0.805. The van der Waals surface area contributed by atoms with Crippen molar-refractivity contribution in [3.05, 3.63) is 0 Å². The molecule has 4 heteroatoms. The molecule has 98 valence electrons. The first-order valence-electron chi connectivity index (χ1n) is 6.17. The molecule has 1 aliphatic rings. The summed E-state index contributed by atoms with van der Waals surface area (Å²) in [5.74, 6) is 4.87. The van der Waals surface area contributed by atoms with Gasteiger partial charge in [0.25, 0.3) is 0 Å². The molecule has 0 aliphatic heterocycles. The van der Waals surface area contributed by atoms with Gasteiger partial charge in [0.15, 0.2) is 0 Å². The van der Waals surface area contributed by atoms with Crippen LogP contribution in [0.3, 0.4) is 0 Å². The predicted octanol–water partition coefficient (Wildman–Crippen LogP) is 3.49. The monoisotopic (exact) mass is 247 g/mol. The highest BCUT2D eigenvalue weighted by atomic mass is 19.4. The van der Waals surface area contributed by atoms with E-state index in [1.165, 1.54) is 0 Å². The van der Waals surface area contributed by atoms with Crippen molar-refractivity contribution in [1.82, 2.24) is 0 Å². The molecule has 1 saturated carbocycles. The Labute approximate surface area is 101 Å². The molecule has 0 aromatic rings. The SMILES string of the molecule is CC#CCCC(N)C1CCC(C(F)(F)F)CC1. The predicted molar refractivity (Wildman–Crippen MR) is 62.2 cm³/mol. The van der Waals surface area contributed by atoms with Crippen molar-refractivity contribution in [2.24, 2.45) is 17.6 Å². The minimum atomic E-state index is -4.03. The first kappa shape index (κ1) is 14.4. The molecule has 1 unspecified atom stereocenters. The summed E-state index contributed by atoms with van der Waals surface area (Å²) in [6, 6.07) is 0.00466. The van der Waals surface area contributed by atoms with Gasteiger partial charge in [-0.15, -0.1) is 11.8 Å². The van der Waals surface area contributed by atoms with E-state index in [1.807, 2.05) is 0 Å². The fraction of sp³-hybridized carbons (Fsp3) is 0.846. The second-order valence-corrected chi connectivity index (χ2v) is 4.78. The van der Waals surface area contributed by atoms with E-state index in [-0.39, 0.29) is 24.8 Å². The number of rotatable bonds is 3. The lowest BCUT2D eigenvalue weighted by Gasteiger charge is -2.32. The number of nitrogens with two attached hydrogens (primary N) is 1. The lowest BCUT2D eigenvalue weighted by atomic mass is 9.77. The summed E-state index contributed by atoms with van der Waals surface area (Å²) in [7, 11) is 0. The van der Waals surface area contributed by atoms with E-state index in [2.05, 4.69) is 11.8 Å². The Hall–Kier alpha value is -0.690. The molecule has 0 bridgehead atoms. The van der Waals surface area contributed by atoms with Gasteiger partial charge in [-0.05, 0) is 44.9 Å². The molecule has 1 atom stereocenters. The molecule has 2 N–H and O–H groups in total. The summed E-state index contributed by atoms with van der Waals surface area (Å²) in [5, 5.41) is 0. The van der Waals surface area contributed by atoms with Crippen molar-refractivity contribution in [3.8, 4) is 11.8 Å². The smallest absolute Gasteiger partial charge is 0.327 e. The highest BCUT2D eigenvalue weighted by Crippen LogP contribution is 2.40. The highest BCUT2D eigenvalue weighted by Gasteiger charge is 2.41. The minimum absolute atomic E-state index is 0.00466. The third-order valence-electron chi connectivity index (χ3n) is 3.62. The number of hydrogen-bond donors (Lipinski definition) is 1. The summed E-state index contributed by atoms with van der Waals surface area (Å²) < 4.78 is 37.4. The Morgan fingerprint density at radius 1 is 1.24 bits per heavy atom. The Morgan fingerprint density at radius 3 is 2.29 bits per heavy atom. The van der Waals surface area contributed by atoms with Gasteiger partial charge >= 0.3 is 6.18 Å². The zero-order chi connectivity index (χ0) is 12.9. The molecule has 0 aromatic heterocycles. The van der Waals surface area contributed by atoms with Gasteiger partial charge in [-0.3, -0.25) is 0 Å². The van der Waals surface area contributed by atoms with E-state index in [0.29, 0.717) is 12.8 Å². The van der Waals surface area contributed by atoms with E-state index < -0.39 is 12.1 Å². The van der Waals surface area contributed by atoms with E-state index in [4.69, 9.17) is 5.73 Å². The minimum Gasteiger partial charge on any atom is -0.327 e. The van der Waals surface area contributed by atoms with Crippen molar-refractivity contribution in [2.45, 2.75) is 57.7 Å². The first-order valence-corrected chi connectivity index (χ1v) is 6.17. The van der Waals surface area contributed by atoms with Crippen molar-refractivity contribution >= 4 is 0 Å². The van der Waals surface area contributed by atoms with Crippen LogP contribution in [-0.4, -0.2) is 12.2 Å². The molecule has 0 aromatic carbocycles. The molecule has 0 amide bonds. The summed E-state index contributed by atoms with van der Waals surface area (Å²) in [4.78, 5) is 0. The van der Waals surface area contributed by atoms with Crippen LogP contribution in [0.1, 0.15) is 45.4 Å². The molecule has 1 nitrogen and oxygen atoms in total.